The summed E-state index contributed by atoms with van der Waals surface area (Å²) in [5, 5.41) is 3.27. The highest BCUT2D eigenvalue weighted by atomic mass is 32.2. The number of hydrogen-bond donors (Lipinski definition) is 1. The molecule has 0 aromatic heterocycles. The molecule has 1 aromatic carbocycles. The fourth-order valence-electron chi connectivity index (χ4n) is 1.22. The van der Waals surface area contributed by atoms with Gasteiger partial charge in [0.25, 0.3) is 0 Å². The summed E-state index contributed by atoms with van der Waals surface area (Å²) in [6.45, 7) is 6.88. The van der Waals surface area contributed by atoms with E-state index in [1.165, 1.54) is 12.1 Å². The number of nitrogens with one attached hydrogen (secondary N) is 1. The maximum atomic E-state index is 12.6. The summed E-state index contributed by atoms with van der Waals surface area (Å²) < 4.78 is 24.4. The summed E-state index contributed by atoms with van der Waals surface area (Å²) in [7, 11) is -1.06. The fraction of sp³-hybridized carbons (Fsp3) is 0.500. The van der Waals surface area contributed by atoms with E-state index in [-0.39, 0.29) is 11.4 Å². The van der Waals surface area contributed by atoms with E-state index in [0.717, 1.165) is 0 Å². The molecule has 0 spiro atoms. The molecule has 0 radical (unpaired) electrons. The molecule has 1 unspecified atom stereocenters. The van der Waals surface area contributed by atoms with E-state index in [1.807, 2.05) is 0 Å². The third-order valence-electron chi connectivity index (χ3n) is 2.02. The van der Waals surface area contributed by atoms with Crippen molar-refractivity contribution < 1.29 is 8.60 Å². The Morgan fingerprint density at radius 2 is 1.81 bits per heavy atom. The first-order valence-electron chi connectivity index (χ1n) is 5.27. The van der Waals surface area contributed by atoms with Crippen molar-refractivity contribution in [3.63, 3.8) is 0 Å². The molecule has 0 heterocycles. The second-order valence-corrected chi connectivity index (χ2v) is 6.25. The molecule has 2 nitrogen and oxygen atoms in total. The second kappa shape index (κ2) is 5.55. The Morgan fingerprint density at radius 1 is 1.25 bits per heavy atom. The van der Waals surface area contributed by atoms with Crippen molar-refractivity contribution in [3.8, 4) is 0 Å². The predicted octanol–water partition coefficient (Wildman–Crippen LogP) is 2.32. The normalized spacial score (nSPS) is 13.8. The topological polar surface area (TPSA) is 29.1 Å². The zero-order valence-corrected chi connectivity index (χ0v) is 10.7. The highest BCUT2D eigenvalue weighted by molar-refractivity contribution is 7.85. The van der Waals surface area contributed by atoms with Crippen LogP contribution >= 0.6 is 0 Å². The maximum absolute atomic E-state index is 12.6. The van der Waals surface area contributed by atoms with Crippen molar-refractivity contribution in [2.75, 3.05) is 12.3 Å². The van der Waals surface area contributed by atoms with Crippen LogP contribution in [-0.2, 0) is 10.8 Å². The lowest BCUT2D eigenvalue weighted by molar-refractivity contribution is 0.440. The molecule has 90 valence electrons. The minimum Gasteiger partial charge on any atom is -0.311 e. The van der Waals surface area contributed by atoms with Gasteiger partial charge < -0.3 is 5.32 Å². The lowest BCUT2D eigenvalue weighted by atomic mass is 10.1. The van der Waals surface area contributed by atoms with Crippen molar-refractivity contribution in [1.82, 2.24) is 5.32 Å². The molecule has 0 bridgehead atoms. The van der Waals surface area contributed by atoms with E-state index in [0.29, 0.717) is 17.2 Å². The molecule has 0 fully saturated rings. The van der Waals surface area contributed by atoms with Crippen molar-refractivity contribution in [2.24, 2.45) is 0 Å². The van der Waals surface area contributed by atoms with E-state index in [4.69, 9.17) is 0 Å². The largest absolute Gasteiger partial charge is 0.311 e. The van der Waals surface area contributed by atoms with Crippen molar-refractivity contribution in [3.05, 3.63) is 30.1 Å². The number of halogens is 1. The van der Waals surface area contributed by atoms with Crippen LogP contribution in [0.1, 0.15) is 20.8 Å². The van der Waals surface area contributed by atoms with Crippen LogP contribution in [0.3, 0.4) is 0 Å². The van der Waals surface area contributed by atoms with Crippen LogP contribution in [0.15, 0.2) is 29.2 Å². The first kappa shape index (κ1) is 13.3. The van der Waals surface area contributed by atoms with E-state index in [1.54, 1.807) is 12.1 Å². The molecule has 0 aliphatic rings. The minimum atomic E-state index is -1.06. The molecule has 1 atom stereocenters. The zero-order valence-electron chi connectivity index (χ0n) is 9.92. The van der Waals surface area contributed by atoms with E-state index >= 15 is 0 Å². The third kappa shape index (κ3) is 4.86. The Labute approximate surface area is 98.7 Å². The molecule has 0 saturated heterocycles. The summed E-state index contributed by atoms with van der Waals surface area (Å²) in [5.74, 6) is 0.247. The summed E-state index contributed by atoms with van der Waals surface area (Å²) in [6.07, 6.45) is 0. The first-order chi connectivity index (χ1) is 7.38. The van der Waals surface area contributed by atoms with Gasteiger partial charge in [-0.1, -0.05) is 0 Å². The Bertz CT molecular complexity index is 356. The van der Waals surface area contributed by atoms with Gasteiger partial charge >= 0.3 is 0 Å². The summed E-state index contributed by atoms with van der Waals surface area (Å²) in [4.78, 5) is 0.678. The zero-order chi connectivity index (χ0) is 12.2. The summed E-state index contributed by atoms with van der Waals surface area (Å²) >= 11 is 0. The van der Waals surface area contributed by atoms with Crippen LogP contribution in [0.25, 0.3) is 0 Å². The van der Waals surface area contributed by atoms with Gasteiger partial charge in [0.05, 0.1) is 10.8 Å². The van der Waals surface area contributed by atoms with Crippen LogP contribution in [0, 0.1) is 5.82 Å². The van der Waals surface area contributed by atoms with Gasteiger partial charge in [-0.05, 0) is 45.0 Å². The molecule has 1 rings (SSSR count). The second-order valence-electron chi connectivity index (χ2n) is 4.68. The van der Waals surface area contributed by atoms with Crippen LogP contribution in [0.5, 0.6) is 0 Å². The number of benzene rings is 1. The van der Waals surface area contributed by atoms with E-state index in [9.17, 15) is 8.60 Å². The van der Waals surface area contributed by atoms with Gasteiger partial charge in [0, 0.05) is 22.7 Å². The molecule has 0 aliphatic carbocycles. The Hall–Kier alpha value is -0.740. The molecule has 1 N–H and O–H groups in total. The SMILES string of the molecule is CC(C)(C)NCCS(=O)c1ccc(F)cc1. The third-order valence-corrected chi connectivity index (χ3v) is 3.39. The molecule has 1 aromatic rings. The van der Waals surface area contributed by atoms with Crippen molar-refractivity contribution in [2.45, 2.75) is 31.2 Å². The van der Waals surface area contributed by atoms with Crippen LogP contribution < -0.4 is 5.32 Å². The smallest absolute Gasteiger partial charge is 0.123 e. The lowest BCUT2D eigenvalue weighted by Crippen LogP contribution is -2.38. The average Bonchev–Trinajstić information content (AvgIpc) is 2.16. The Balaban J connectivity index is 2.44. The van der Waals surface area contributed by atoms with Gasteiger partial charge in [0.15, 0.2) is 0 Å². The van der Waals surface area contributed by atoms with Gasteiger partial charge in [0.1, 0.15) is 5.82 Å². The maximum Gasteiger partial charge on any atom is 0.123 e. The molecule has 16 heavy (non-hydrogen) atoms. The molecule has 4 heteroatoms. The van der Waals surface area contributed by atoms with Crippen LogP contribution in [0.2, 0.25) is 0 Å². The van der Waals surface area contributed by atoms with Crippen molar-refractivity contribution >= 4 is 10.8 Å². The molecular weight excluding hydrogens is 225 g/mol. The van der Waals surface area contributed by atoms with Gasteiger partial charge in [-0.2, -0.15) is 0 Å². The monoisotopic (exact) mass is 243 g/mol. The lowest BCUT2D eigenvalue weighted by Gasteiger charge is -2.20. The van der Waals surface area contributed by atoms with Gasteiger partial charge in [-0.3, -0.25) is 4.21 Å². The Morgan fingerprint density at radius 3 is 2.31 bits per heavy atom. The standard InChI is InChI=1S/C12H18FNOS/c1-12(2,3)14-8-9-16(15)11-6-4-10(13)5-7-11/h4-7,14H,8-9H2,1-3H3. The summed E-state index contributed by atoms with van der Waals surface area (Å²) in [6, 6.07) is 5.82. The highest BCUT2D eigenvalue weighted by Gasteiger charge is 2.09. The number of hydrogen-bond acceptors (Lipinski definition) is 2. The van der Waals surface area contributed by atoms with Gasteiger partial charge in [0.2, 0.25) is 0 Å². The summed E-state index contributed by atoms with van der Waals surface area (Å²) in [5.41, 5.74) is 0.0347. The minimum absolute atomic E-state index is 0.0347. The van der Waals surface area contributed by atoms with Crippen molar-refractivity contribution in [1.29, 1.82) is 0 Å². The van der Waals surface area contributed by atoms with Gasteiger partial charge in [-0.15, -0.1) is 0 Å². The van der Waals surface area contributed by atoms with Gasteiger partial charge in [-0.25, -0.2) is 4.39 Å². The first-order valence-corrected chi connectivity index (χ1v) is 6.59. The number of rotatable bonds is 4. The molecule has 0 saturated carbocycles. The average molecular weight is 243 g/mol. The quantitative estimate of drug-likeness (QED) is 0.879. The highest BCUT2D eigenvalue weighted by Crippen LogP contribution is 2.08. The fourth-order valence-corrected chi connectivity index (χ4v) is 2.19. The van der Waals surface area contributed by atoms with E-state index < -0.39 is 10.8 Å². The van der Waals surface area contributed by atoms with Crippen LogP contribution in [0.4, 0.5) is 4.39 Å². The van der Waals surface area contributed by atoms with Crippen LogP contribution in [-0.4, -0.2) is 22.0 Å². The molecule has 0 amide bonds. The molecule has 0 aliphatic heterocycles. The molecular formula is C12H18FNOS. The Kier molecular flexibility index (Phi) is 4.62. The predicted molar refractivity (Wildman–Crippen MR) is 65.4 cm³/mol. The van der Waals surface area contributed by atoms with E-state index in [2.05, 4.69) is 26.1 Å².